The number of nitrogens with two attached hydrogens (primary N) is 1. The van der Waals surface area contributed by atoms with Crippen LogP contribution in [0.25, 0.3) is 0 Å². The topological polar surface area (TPSA) is 125 Å². The van der Waals surface area contributed by atoms with Crippen molar-refractivity contribution in [3.05, 3.63) is 41.6 Å². The summed E-state index contributed by atoms with van der Waals surface area (Å²) in [7, 11) is -3.95. The molecule has 0 aliphatic carbocycles. The molecule has 0 fully saturated rings. The summed E-state index contributed by atoms with van der Waals surface area (Å²) >= 11 is 0. The molecule has 0 spiro atoms. The fourth-order valence-corrected chi connectivity index (χ4v) is 2.66. The number of nitrogen functional groups attached to an aromatic ring is 1. The molecule has 9 heteroatoms. The van der Waals surface area contributed by atoms with E-state index in [4.69, 9.17) is 11.1 Å². The van der Waals surface area contributed by atoms with Crippen molar-refractivity contribution >= 4 is 21.5 Å². The average molecular weight is 297 g/mol. The van der Waals surface area contributed by atoms with Crippen molar-refractivity contribution in [3.8, 4) is 0 Å². The lowest BCUT2D eigenvalue weighted by molar-refractivity contribution is 0.598. The number of nitrogens with one attached hydrogen (secondary N) is 3. The minimum absolute atomic E-state index is 0.107. The zero-order valence-corrected chi connectivity index (χ0v) is 11.3. The number of benzene rings is 1. The van der Waals surface area contributed by atoms with Gasteiger partial charge in [-0.1, -0.05) is 6.07 Å². The molecule has 0 atom stereocenters. The Morgan fingerprint density at radius 1 is 1.50 bits per heavy atom. The second-order valence-electron chi connectivity index (χ2n) is 4.01. The summed E-state index contributed by atoms with van der Waals surface area (Å²) in [4.78, 5) is 6.34. The Morgan fingerprint density at radius 3 is 2.75 bits per heavy atom. The van der Waals surface area contributed by atoms with Crippen LogP contribution in [0.4, 0.5) is 10.1 Å². The molecule has 0 aliphatic rings. The molecule has 5 N–H and O–H groups in total. The Morgan fingerprint density at radius 2 is 2.20 bits per heavy atom. The first-order valence-corrected chi connectivity index (χ1v) is 6.97. The number of H-pyrrole nitrogens is 1. The average Bonchev–Trinajstić information content (AvgIpc) is 2.75. The number of imidazole rings is 1. The van der Waals surface area contributed by atoms with Crippen molar-refractivity contribution in [2.24, 2.45) is 5.73 Å². The van der Waals surface area contributed by atoms with Crippen LogP contribution in [0.1, 0.15) is 11.4 Å². The number of hydrogen-bond acceptors (Lipinski definition) is 4. The van der Waals surface area contributed by atoms with E-state index in [0.29, 0.717) is 5.82 Å². The molecule has 0 aliphatic heterocycles. The van der Waals surface area contributed by atoms with Gasteiger partial charge in [-0.2, -0.15) is 8.42 Å². The summed E-state index contributed by atoms with van der Waals surface area (Å²) in [5, 5.41) is 7.16. The van der Waals surface area contributed by atoms with Gasteiger partial charge in [0.2, 0.25) is 0 Å². The summed E-state index contributed by atoms with van der Waals surface area (Å²) in [5.41, 5.74) is 4.86. The van der Waals surface area contributed by atoms with Gasteiger partial charge in [0.15, 0.2) is 5.03 Å². The van der Waals surface area contributed by atoms with Crippen LogP contribution < -0.4 is 10.5 Å². The molecule has 106 valence electrons. The Hall–Kier alpha value is -2.42. The van der Waals surface area contributed by atoms with Crippen molar-refractivity contribution < 1.29 is 12.8 Å². The third kappa shape index (κ3) is 2.62. The monoisotopic (exact) mass is 297 g/mol. The Kier molecular flexibility index (Phi) is 3.45. The molecular weight excluding hydrogens is 285 g/mol. The fourth-order valence-electron chi connectivity index (χ4n) is 1.62. The van der Waals surface area contributed by atoms with Crippen molar-refractivity contribution in [3.63, 3.8) is 0 Å². The van der Waals surface area contributed by atoms with Gasteiger partial charge in [0.05, 0.1) is 17.4 Å². The molecule has 2 rings (SSSR count). The second-order valence-corrected chi connectivity index (χ2v) is 5.67. The molecule has 2 aromatic rings. The van der Waals surface area contributed by atoms with Gasteiger partial charge in [-0.05, 0) is 19.1 Å². The highest BCUT2D eigenvalue weighted by Gasteiger charge is 2.20. The molecule has 0 saturated carbocycles. The number of aryl methyl sites for hydroxylation is 1. The molecule has 1 aromatic heterocycles. The highest BCUT2D eigenvalue weighted by Crippen LogP contribution is 2.21. The van der Waals surface area contributed by atoms with Crippen LogP contribution in [0.5, 0.6) is 0 Å². The molecule has 0 bridgehead atoms. The van der Waals surface area contributed by atoms with Crippen molar-refractivity contribution in [1.29, 1.82) is 5.41 Å². The number of nitrogens with zero attached hydrogens (tertiary/aromatic N) is 1. The van der Waals surface area contributed by atoms with E-state index in [1.165, 1.54) is 12.1 Å². The van der Waals surface area contributed by atoms with E-state index >= 15 is 0 Å². The lowest BCUT2D eigenvalue weighted by Gasteiger charge is -2.11. The summed E-state index contributed by atoms with van der Waals surface area (Å²) in [5.74, 6) is -0.920. The van der Waals surface area contributed by atoms with Crippen LogP contribution in [0.3, 0.4) is 0 Å². The number of rotatable bonds is 4. The maximum Gasteiger partial charge on any atom is 0.279 e. The van der Waals surface area contributed by atoms with Gasteiger partial charge in [0.1, 0.15) is 17.5 Å². The molecule has 0 amide bonds. The zero-order valence-electron chi connectivity index (χ0n) is 10.4. The van der Waals surface area contributed by atoms with Gasteiger partial charge in [-0.25, -0.2) is 9.37 Å². The summed E-state index contributed by atoms with van der Waals surface area (Å²) in [6.45, 7) is 1.60. The van der Waals surface area contributed by atoms with Crippen LogP contribution >= 0.6 is 0 Å². The number of anilines is 1. The maximum absolute atomic E-state index is 13.6. The van der Waals surface area contributed by atoms with Gasteiger partial charge in [0, 0.05) is 0 Å². The molecule has 0 unspecified atom stereocenters. The van der Waals surface area contributed by atoms with Gasteiger partial charge in [-0.15, -0.1) is 0 Å². The number of halogens is 1. The van der Waals surface area contributed by atoms with E-state index in [0.717, 1.165) is 12.3 Å². The highest BCUT2D eigenvalue weighted by molar-refractivity contribution is 7.92. The summed E-state index contributed by atoms with van der Waals surface area (Å²) < 4.78 is 40.0. The van der Waals surface area contributed by atoms with Gasteiger partial charge in [-0.3, -0.25) is 10.1 Å². The number of aromatic amines is 1. The molecule has 1 heterocycles. The first-order chi connectivity index (χ1) is 9.31. The molecule has 20 heavy (non-hydrogen) atoms. The third-order valence-electron chi connectivity index (χ3n) is 2.50. The van der Waals surface area contributed by atoms with Crippen molar-refractivity contribution in [2.45, 2.75) is 11.9 Å². The SMILES string of the molecule is Cc1ncc(S(=O)(=O)Nc2cccc(F)c2C(=N)N)[nH]1. The van der Waals surface area contributed by atoms with Crippen LogP contribution in [-0.4, -0.2) is 24.2 Å². The highest BCUT2D eigenvalue weighted by atomic mass is 32.2. The van der Waals surface area contributed by atoms with Crippen LogP contribution in [0.2, 0.25) is 0 Å². The zero-order chi connectivity index (χ0) is 14.9. The first kappa shape index (κ1) is 14.0. The minimum Gasteiger partial charge on any atom is -0.384 e. The molecule has 0 radical (unpaired) electrons. The van der Waals surface area contributed by atoms with Crippen molar-refractivity contribution in [1.82, 2.24) is 9.97 Å². The van der Waals surface area contributed by atoms with E-state index in [9.17, 15) is 12.8 Å². The van der Waals surface area contributed by atoms with Gasteiger partial charge in [0.25, 0.3) is 10.0 Å². The predicted octanol–water partition coefficient (Wildman–Crippen LogP) is 0.942. The summed E-state index contributed by atoms with van der Waals surface area (Å²) in [6.07, 6.45) is 1.14. The first-order valence-electron chi connectivity index (χ1n) is 5.48. The van der Waals surface area contributed by atoms with Crippen LogP contribution in [0, 0.1) is 18.2 Å². The molecule has 1 aromatic carbocycles. The van der Waals surface area contributed by atoms with Crippen LogP contribution in [-0.2, 0) is 10.0 Å². The molecular formula is C11H12FN5O2S. The lowest BCUT2D eigenvalue weighted by atomic mass is 10.1. The van der Waals surface area contributed by atoms with E-state index in [2.05, 4.69) is 14.7 Å². The maximum atomic E-state index is 13.6. The Balaban J connectivity index is 2.45. The quantitative estimate of drug-likeness (QED) is 0.495. The Bertz CT molecular complexity index is 769. The third-order valence-corrected chi connectivity index (χ3v) is 3.77. The van der Waals surface area contributed by atoms with Gasteiger partial charge < -0.3 is 10.7 Å². The van der Waals surface area contributed by atoms with E-state index in [1.54, 1.807) is 6.92 Å². The standard InChI is InChI=1S/C11H12FN5O2S/c1-6-15-5-9(16-6)20(18,19)17-8-4-2-3-7(12)10(8)11(13)14/h2-5,17H,1H3,(H3,13,14)(H,15,16). The number of sulfonamides is 1. The Labute approximate surface area is 114 Å². The minimum atomic E-state index is -3.95. The largest absolute Gasteiger partial charge is 0.384 e. The van der Waals surface area contributed by atoms with E-state index in [1.807, 2.05) is 0 Å². The number of hydrogen-bond donors (Lipinski definition) is 4. The smallest absolute Gasteiger partial charge is 0.279 e. The van der Waals surface area contributed by atoms with Gasteiger partial charge >= 0.3 is 0 Å². The predicted molar refractivity (Wildman–Crippen MR) is 71.5 cm³/mol. The molecule has 0 saturated heterocycles. The molecule has 7 nitrogen and oxygen atoms in total. The lowest BCUT2D eigenvalue weighted by Crippen LogP contribution is -2.20. The number of amidine groups is 1. The van der Waals surface area contributed by atoms with Crippen LogP contribution in [0.15, 0.2) is 29.4 Å². The normalized spacial score (nSPS) is 11.3. The van der Waals surface area contributed by atoms with Crippen molar-refractivity contribution in [2.75, 3.05) is 4.72 Å². The van der Waals surface area contributed by atoms with E-state index in [-0.39, 0.29) is 16.3 Å². The number of aromatic nitrogens is 2. The summed E-state index contributed by atoms with van der Waals surface area (Å²) in [6, 6.07) is 3.73. The second kappa shape index (κ2) is 4.93. The van der Waals surface area contributed by atoms with E-state index < -0.39 is 21.7 Å². The fraction of sp³-hybridized carbons (Fsp3) is 0.0909.